The van der Waals surface area contributed by atoms with Crippen molar-refractivity contribution >= 4 is 23.2 Å². The van der Waals surface area contributed by atoms with E-state index in [1.807, 2.05) is 11.3 Å². The standard InChI is InChI=1S/C25H45BO2S/c1-6-7-8-9-10-11-12-13-14-15-16-17-18-19-22-20-21-23(29-22)26-27-24(2,3)25(4,5)28-26/h20-21H,6-19H2,1-5H3. The van der Waals surface area contributed by atoms with Crippen LogP contribution in [0.1, 0.15) is 123 Å². The van der Waals surface area contributed by atoms with Gasteiger partial charge in [0.25, 0.3) is 0 Å². The van der Waals surface area contributed by atoms with E-state index in [-0.39, 0.29) is 18.3 Å². The molecule has 1 aliphatic rings. The first kappa shape index (κ1) is 24.9. The largest absolute Gasteiger partial charge is 0.505 e. The molecule has 4 heteroatoms. The number of aryl methyl sites for hydroxylation is 1. The lowest BCUT2D eigenvalue weighted by Crippen LogP contribution is -2.41. The van der Waals surface area contributed by atoms with Gasteiger partial charge in [0.1, 0.15) is 0 Å². The fraction of sp³-hybridized carbons (Fsp3) is 0.840. The molecular formula is C25H45BO2S. The maximum absolute atomic E-state index is 6.17. The monoisotopic (exact) mass is 420 g/mol. The van der Waals surface area contributed by atoms with Crippen LogP contribution in [0.2, 0.25) is 0 Å². The lowest BCUT2D eigenvalue weighted by Gasteiger charge is -2.32. The molecule has 2 rings (SSSR count). The van der Waals surface area contributed by atoms with Crippen LogP contribution < -0.4 is 4.78 Å². The zero-order valence-electron chi connectivity index (χ0n) is 19.9. The minimum Gasteiger partial charge on any atom is -0.399 e. The van der Waals surface area contributed by atoms with Crippen LogP contribution in [0.3, 0.4) is 0 Å². The van der Waals surface area contributed by atoms with Gasteiger partial charge in [-0.1, -0.05) is 90.0 Å². The molecule has 166 valence electrons. The summed E-state index contributed by atoms with van der Waals surface area (Å²) in [5, 5.41) is 0. The third kappa shape index (κ3) is 8.38. The van der Waals surface area contributed by atoms with E-state index < -0.39 is 0 Å². The zero-order valence-corrected chi connectivity index (χ0v) is 20.7. The van der Waals surface area contributed by atoms with Crippen LogP contribution in [-0.2, 0) is 15.7 Å². The molecule has 0 aliphatic carbocycles. The van der Waals surface area contributed by atoms with Gasteiger partial charge in [0, 0.05) is 9.65 Å². The summed E-state index contributed by atoms with van der Waals surface area (Å²) in [4.78, 5) is 1.47. The van der Waals surface area contributed by atoms with Gasteiger partial charge in [-0.05, 0) is 46.6 Å². The maximum Gasteiger partial charge on any atom is 0.505 e. The van der Waals surface area contributed by atoms with E-state index in [2.05, 4.69) is 46.8 Å². The maximum atomic E-state index is 6.17. The summed E-state index contributed by atoms with van der Waals surface area (Å²) in [7, 11) is -0.203. The Labute approximate surface area is 185 Å². The Morgan fingerprint density at radius 1 is 0.690 bits per heavy atom. The normalized spacial score (nSPS) is 17.9. The second-order valence-electron chi connectivity index (χ2n) is 9.88. The summed E-state index contributed by atoms with van der Waals surface area (Å²) in [5.41, 5.74) is -0.506. The molecular weight excluding hydrogens is 375 g/mol. The topological polar surface area (TPSA) is 18.5 Å². The zero-order chi connectivity index (χ0) is 21.2. The Morgan fingerprint density at radius 2 is 1.14 bits per heavy atom. The first-order valence-electron chi connectivity index (χ1n) is 12.3. The average molecular weight is 421 g/mol. The van der Waals surface area contributed by atoms with Crippen molar-refractivity contribution in [1.82, 2.24) is 0 Å². The lowest BCUT2D eigenvalue weighted by molar-refractivity contribution is 0.00578. The highest BCUT2D eigenvalue weighted by Gasteiger charge is 2.52. The predicted octanol–water partition coefficient (Wildman–Crippen LogP) is 7.68. The molecule has 0 amide bonds. The van der Waals surface area contributed by atoms with Gasteiger partial charge >= 0.3 is 7.12 Å². The molecule has 1 saturated heterocycles. The van der Waals surface area contributed by atoms with Crippen molar-refractivity contribution in [3.05, 3.63) is 17.0 Å². The molecule has 0 unspecified atom stereocenters. The van der Waals surface area contributed by atoms with Crippen LogP contribution in [0.5, 0.6) is 0 Å². The van der Waals surface area contributed by atoms with Gasteiger partial charge < -0.3 is 9.31 Å². The van der Waals surface area contributed by atoms with Crippen LogP contribution in [0, 0.1) is 0 Å². The van der Waals surface area contributed by atoms with Gasteiger partial charge in [0.15, 0.2) is 0 Å². The first-order valence-corrected chi connectivity index (χ1v) is 13.1. The molecule has 1 aliphatic heterocycles. The Balaban J connectivity index is 1.49. The number of rotatable bonds is 15. The molecule has 1 aromatic heterocycles. The minimum atomic E-state index is -0.253. The summed E-state index contributed by atoms with van der Waals surface area (Å²) >= 11 is 1.87. The lowest BCUT2D eigenvalue weighted by atomic mass is 9.88. The summed E-state index contributed by atoms with van der Waals surface area (Å²) < 4.78 is 13.6. The Kier molecular flexibility index (Phi) is 10.8. The van der Waals surface area contributed by atoms with Crippen LogP contribution in [0.15, 0.2) is 12.1 Å². The molecule has 0 N–H and O–H groups in total. The van der Waals surface area contributed by atoms with Crippen molar-refractivity contribution in [1.29, 1.82) is 0 Å². The molecule has 0 bridgehead atoms. The molecule has 29 heavy (non-hydrogen) atoms. The number of thiophene rings is 1. The van der Waals surface area contributed by atoms with Gasteiger partial charge in [-0.2, -0.15) is 0 Å². The van der Waals surface area contributed by atoms with Crippen molar-refractivity contribution < 1.29 is 9.31 Å². The third-order valence-electron chi connectivity index (χ3n) is 6.69. The van der Waals surface area contributed by atoms with Gasteiger partial charge in [0.05, 0.1) is 11.2 Å². The average Bonchev–Trinajstić information content (AvgIpc) is 3.21. The van der Waals surface area contributed by atoms with Crippen LogP contribution in [0.25, 0.3) is 0 Å². The fourth-order valence-corrected chi connectivity index (χ4v) is 4.95. The molecule has 1 aromatic rings. The molecule has 2 heterocycles. The van der Waals surface area contributed by atoms with Crippen LogP contribution >= 0.6 is 11.3 Å². The Hall–Kier alpha value is -0.315. The van der Waals surface area contributed by atoms with Gasteiger partial charge in [0.2, 0.25) is 0 Å². The first-order chi connectivity index (χ1) is 13.9. The molecule has 0 aromatic carbocycles. The Bertz CT molecular complexity index is 551. The SMILES string of the molecule is CCCCCCCCCCCCCCCc1ccc(B2OC(C)(C)C(C)(C)O2)s1. The fourth-order valence-electron chi connectivity index (χ4n) is 3.93. The molecule has 0 atom stereocenters. The summed E-state index contributed by atoms with van der Waals surface area (Å²) in [5.74, 6) is 0. The van der Waals surface area contributed by atoms with Gasteiger partial charge in [-0.15, -0.1) is 11.3 Å². The number of unbranched alkanes of at least 4 members (excludes halogenated alkanes) is 12. The van der Waals surface area contributed by atoms with E-state index in [0.717, 1.165) is 0 Å². The Morgan fingerprint density at radius 3 is 1.62 bits per heavy atom. The van der Waals surface area contributed by atoms with E-state index in [0.29, 0.717) is 0 Å². The van der Waals surface area contributed by atoms with E-state index in [1.54, 1.807) is 0 Å². The summed E-state index contributed by atoms with van der Waals surface area (Å²) in [6, 6.07) is 4.47. The number of hydrogen-bond donors (Lipinski definition) is 0. The predicted molar refractivity (Wildman–Crippen MR) is 129 cm³/mol. The highest BCUT2D eigenvalue weighted by molar-refractivity contribution is 7.22. The van der Waals surface area contributed by atoms with Gasteiger partial charge in [-0.3, -0.25) is 0 Å². The molecule has 1 fully saturated rings. The quantitative estimate of drug-likeness (QED) is 0.214. The van der Waals surface area contributed by atoms with Crippen LogP contribution in [0.4, 0.5) is 0 Å². The van der Waals surface area contributed by atoms with Crippen molar-refractivity contribution in [2.75, 3.05) is 0 Å². The highest BCUT2D eigenvalue weighted by atomic mass is 32.1. The summed E-state index contributed by atoms with van der Waals surface area (Å²) in [6.07, 6.45) is 19.6. The highest BCUT2D eigenvalue weighted by Crippen LogP contribution is 2.37. The second-order valence-corrected chi connectivity index (χ2v) is 11.1. The molecule has 2 nitrogen and oxygen atoms in total. The van der Waals surface area contributed by atoms with Crippen molar-refractivity contribution in [2.24, 2.45) is 0 Å². The molecule has 0 spiro atoms. The van der Waals surface area contributed by atoms with Gasteiger partial charge in [-0.25, -0.2) is 0 Å². The van der Waals surface area contributed by atoms with E-state index in [1.165, 1.54) is 99.5 Å². The van der Waals surface area contributed by atoms with E-state index >= 15 is 0 Å². The third-order valence-corrected chi connectivity index (χ3v) is 7.86. The number of hydrogen-bond acceptors (Lipinski definition) is 3. The molecule has 0 saturated carbocycles. The van der Waals surface area contributed by atoms with Crippen LogP contribution in [-0.4, -0.2) is 18.3 Å². The van der Waals surface area contributed by atoms with Crippen molar-refractivity contribution in [2.45, 2.75) is 136 Å². The minimum absolute atomic E-state index is 0.203. The summed E-state index contributed by atoms with van der Waals surface area (Å²) in [6.45, 7) is 10.8. The van der Waals surface area contributed by atoms with Crippen molar-refractivity contribution in [3.8, 4) is 0 Å². The molecule has 0 radical (unpaired) electrons. The van der Waals surface area contributed by atoms with Crippen molar-refractivity contribution in [3.63, 3.8) is 0 Å². The smallest absolute Gasteiger partial charge is 0.399 e. The van der Waals surface area contributed by atoms with E-state index in [4.69, 9.17) is 9.31 Å². The van der Waals surface area contributed by atoms with E-state index in [9.17, 15) is 0 Å². The second kappa shape index (κ2) is 12.5.